The zero-order valence-electron chi connectivity index (χ0n) is 11.3. The molecule has 0 N–H and O–H groups in total. The molecule has 0 atom stereocenters. The average Bonchev–Trinajstić information content (AvgIpc) is 2.23. The second-order valence-corrected chi connectivity index (χ2v) is 7.96. The van der Waals surface area contributed by atoms with Gasteiger partial charge in [-0.1, -0.05) is 11.6 Å². The second kappa shape index (κ2) is 5.57. The molecular weight excluding hydrogens is 334 g/mol. The standard InChI is InChI=1S/C12H12ClF4NO2S/c1-11(2,3)21(19,20)18-6-8-9(12(15,16)17)4-7(14)5-10(8)13/h4-6H,1-3H3. The van der Waals surface area contributed by atoms with Crippen molar-refractivity contribution >= 4 is 27.8 Å². The van der Waals surface area contributed by atoms with Gasteiger partial charge in [-0.05, 0) is 32.9 Å². The molecule has 1 aromatic rings. The maximum absolute atomic E-state index is 13.1. The highest BCUT2D eigenvalue weighted by atomic mass is 35.5. The first-order valence-corrected chi connectivity index (χ1v) is 7.43. The Morgan fingerprint density at radius 3 is 2.14 bits per heavy atom. The third-order valence-electron chi connectivity index (χ3n) is 2.49. The van der Waals surface area contributed by atoms with Gasteiger partial charge < -0.3 is 0 Å². The van der Waals surface area contributed by atoms with E-state index in [0.29, 0.717) is 12.3 Å². The van der Waals surface area contributed by atoms with Crippen LogP contribution >= 0.6 is 11.6 Å². The van der Waals surface area contributed by atoms with E-state index in [-0.39, 0.29) is 6.07 Å². The van der Waals surface area contributed by atoms with E-state index in [1.165, 1.54) is 20.8 Å². The Morgan fingerprint density at radius 2 is 1.71 bits per heavy atom. The first-order valence-electron chi connectivity index (χ1n) is 5.62. The fourth-order valence-corrected chi connectivity index (χ4v) is 2.05. The number of hydrogen-bond acceptors (Lipinski definition) is 2. The summed E-state index contributed by atoms with van der Waals surface area (Å²) in [5, 5.41) is -0.574. The van der Waals surface area contributed by atoms with E-state index in [1.807, 2.05) is 0 Å². The Morgan fingerprint density at radius 1 is 1.19 bits per heavy atom. The molecule has 0 aromatic heterocycles. The van der Waals surface area contributed by atoms with Gasteiger partial charge in [0.25, 0.3) is 10.0 Å². The zero-order valence-corrected chi connectivity index (χ0v) is 12.9. The molecule has 118 valence electrons. The van der Waals surface area contributed by atoms with E-state index in [4.69, 9.17) is 11.6 Å². The minimum atomic E-state index is -4.89. The third-order valence-corrected chi connectivity index (χ3v) is 4.74. The quantitative estimate of drug-likeness (QED) is 0.599. The maximum atomic E-state index is 13.1. The number of benzene rings is 1. The first kappa shape index (κ1) is 17.9. The predicted molar refractivity (Wildman–Crippen MR) is 72.7 cm³/mol. The highest BCUT2D eigenvalue weighted by Gasteiger charge is 2.35. The van der Waals surface area contributed by atoms with Crippen molar-refractivity contribution < 1.29 is 26.0 Å². The van der Waals surface area contributed by atoms with Gasteiger partial charge in [0.05, 0.1) is 15.3 Å². The van der Waals surface area contributed by atoms with Gasteiger partial charge in [-0.2, -0.15) is 17.6 Å². The summed E-state index contributed by atoms with van der Waals surface area (Å²) >= 11 is 5.56. The lowest BCUT2D eigenvalue weighted by Crippen LogP contribution is -2.26. The molecule has 0 saturated heterocycles. The van der Waals surface area contributed by atoms with Crippen LogP contribution in [-0.4, -0.2) is 19.4 Å². The largest absolute Gasteiger partial charge is 0.417 e. The van der Waals surface area contributed by atoms with Gasteiger partial charge in [0.15, 0.2) is 0 Å². The number of rotatable bonds is 2. The molecule has 0 aliphatic carbocycles. The summed E-state index contributed by atoms with van der Waals surface area (Å²) < 4.78 is 77.0. The van der Waals surface area contributed by atoms with Crippen molar-refractivity contribution in [3.63, 3.8) is 0 Å². The Kier molecular flexibility index (Phi) is 4.74. The second-order valence-electron chi connectivity index (χ2n) is 5.17. The molecule has 3 nitrogen and oxygen atoms in total. The molecule has 0 radical (unpaired) electrons. The molecule has 21 heavy (non-hydrogen) atoms. The van der Waals surface area contributed by atoms with Crippen LogP contribution in [0.25, 0.3) is 0 Å². The van der Waals surface area contributed by atoms with Crippen LogP contribution < -0.4 is 0 Å². The number of alkyl halides is 3. The van der Waals surface area contributed by atoms with Gasteiger partial charge in [-0.25, -0.2) is 12.8 Å². The molecule has 0 unspecified atom stereocenters. The molecule has 0 aliphatic rings. The lowest BCUT2D eigenvalue weighted by Gasteiger charge is -2.15. The molecule has 0 saturated carbocycles. The van der Waals surface area contributed by atoms with Gasteiger partial charge >= 0.3 is 6.18 Å². The van der Waals surface area contributed by atoms with E-state index >= 15 is 0 Å². The molecule has 0 aliphatic heterocycles. The predicted octanol–water partition coefficient (Wildman–Crippen LogP) is 4.05. The molecule has 0 bridgehead atoms. The van der Waals surface area contributed by atoms with E-state index in [0.717, 1.165) is 0 Å². The molecule has 0 spiro atoms. The lowest BCUT2D eigenvalue weighted by molar-refractivity contribution is -0.137. The molecule has 9 heteroatoms. The summed E-state index contributed by atoms with van der Waals surface area (Å²) in [5.41, 5.74) is -2.08. The topological polar surface area (TPSA) is 46.5 Å². The van der Waals surface area contributed by atoms with Crippen molar-refractivity contribution in [3.05, 3.63) is 34.1 Å². The first-order chi connectivity index (χ1) is 9.25. The highest BCUT2D eigenvalue weighted by Crippen LogP contribution is 2.35. The summed E-state index contributed by atoms with van der Waals surface area (Å²) in [5.74, 6) is -1.18. The van der Waals surface area contributed by atoms with Gasteiger partial charge in [-0.3, -0.25) is 0 Å². The Balaban J connectivity index is 3.46. The SMILES string of the molecule is CC(C)(C)S(=O)(=O)N=Cc1c(Cl)cc(F)cc1C(F)(F)F. The van der Waals surface area contributed by atoms with E-state index in [1.54, 1.807) is 0 Å². The molecule has 0 fully saturated rings. The molecule has 1 rings (SSSR count). The van der Waals surface area contributed by atoms with Crippen LogP contribution in [-0.2, 0) is 16.2 Å². The zero-order chi connectivity index (χ0) is 16.6. The van der Waals surface area contributed by atoms with Crippen LogP contribution in [0.1, 0.15) is 31.9 Å². The van der Waals surface area contributed by atoms with Crippen molar-refractivity contribution in [1.29, 1.82) is 0 Å². The van der Waals surface area contributed by atoms with E-state index in [9.17, 15) is 26.0 Å². The third kappa shape index (κ3) is 4.16. The fraction of sp³-hybridized carbons (Fsp3) is 0.417. The minimum Gasteiger partial charge on any atom is -0.207 e. The average molecular weight is 346 g/mol. The highest BCUT2D eigenvalue weighted by molar-refractivity contribution is 7.91. The molecular formula is C12H12ClF4NO2S. The van der Waals surface area contributed by atoms with Crippen LogP contribution in [0, 0.1) is 5.82 Å². The van der Waals surface area contributed by atoms with Crippen molar-refractivity contribution in [2.75, 3.05) is 0 Å². The Hall–Kier alpha value is -1.15. The van der Waals surface area contributed by atoms with Crippen molar-refractivity contribution in [1.82, 2.24) is 0 Å². The van der Waals surface area contributed by atoms with Crippen LogP contribution in [0.5, 0.6) is 0 Å². The minimum absolute atomic E-state index is 0.233. The van der Waals surface area contributed by atoms with Crippen LogP contribution in [0.3, 0.4) is 0 Å². The summed E-state index contributed by atoms with van der Waals surface area (Å²) in [6, 6.07) is 0.888. The summed E-state index contributed by atoms with van der Waals surface area (Å²) in [6.07, 6.45) is -4.40. The van der Waals surface area contributed by atoms with Crippen LogP contribution in [0.2, 0.25) is 5.02 Å². The number of hydrogen-bond donors (Lipinski definition) is 0. The van der Waals surface area contributed by atoms with Gasteiger partial charge in [0, 0.05) is 11.8 Å². The van der Waals surface area contributed by atoms with Gasteiger partial charge in [0.1, 0.15) is 5.82 Å². The molecule has 0 heterocycles. The molecule has 1 aromatic carbocycles. The molecule has 0 amide bonds. The maximum Gasteiger partial charge on any atom is 0.417 e. The van der Waals surface area contributed by atoms with Crippen molar-refractivity contribution in [2.45, 2.75) is 31.7 Å². The monoisotopic (exact) mass is 345 g/mol. The smallest absolute Gasteiger partial charge is 0.207 e. The number of sulfonamides is 1. The fourth-order valence-electron chi connectivity index (χ4n) is 1.23. The normalized spacial score (nSPS) is 13.9. The van der Waals surface area contributed by atoms with Gasteiger partial charge in [-0.15, -0.1) is 0 Å². The summed E-state index contributed by atoms with van der Waals surface area (Å²) in [7, 11) is -4.04. The number of halogens is 5. The lowest BCUT2D eigenvalue weighted by atomic mass is 10.1. The van der Waals surface area contributed by atoms with Crippen LogP contribution in [0.4, 0.5) is 17.6 Å². The summed E-state index contributed by atoms with van der Waals surface area (Å²) in [4.78, 5) is 0. The Bertz CT molecular complexity index is 676. The van der Waals surface area contributed by atoms with Gasteiger partial charge in [0.2, 0.25) is 0 Å². The van der Waals surface area contributed by atoms with Crippen LogP contribution in [0.15, 0.2) is 16.5 Å². The Labute approximate surface area is 124 Å². The number of nitrogens with zero attached hydrogens (tertiary/aromatic N) is 1. The summed E-state index contributed by atoms with van der Waals surface area (Å²) in [6.45, 7) is 4.03. The van der Waals surface area contributed by atoms with E-state index < -0.39 is 42.9 Å². The van der Waals surface area contributed by atoms with Crippen molar-refractivity contribution in [2.24, 2.45) is 4.40 Å². The van der Waals surface area contributed by atoms with Crippen molar-refractivity contribution in [3.8, 4) is 0 Å². The van der Waals surface area contributed by atoms with E-state index in [2.05, 4.69) is 4.40 Å².